The molecule has 0 bridgehead atoms. The summed E-state index contributed by atoms with van der Waals surface area (Å²) in [6.45, 7) is 4.38. The summed E-state index contributed by atoms with van der Waals surface area (Å²) in [5.41, 5.74) is 0.773. The third-order valence-corrected chi connectivity index (χ3v) is 5.66. The average Bonchev–Trinajstić information content (AvgIpc) is 2.76. The molecule has 1 aliphatic heterocycles. The molecule has 9 heteroatoms. The molecule has 3 amide bonds. The van der Waals surface area contributed by atoms with Crippen LogP contribution in [0.4, 0.5) is 4.79 Å². The maximum atomic E-state index is 12.8. The molecular weight excluding hydrogens is 446 g/mol. The molecule has 8 nitrogen and oxygen atoms in total. The van der Waals surface area contributed by atoms with Gasteiger partial charge in [0.25, 0.3) is 0 Å². The predicted octanol–water partition coefficient (Wildman–Crippen LogP) is 3.68. The Kier molecular flexibility index (Phi) is 11.2. The average molecular weight is 480 g/mol. The summed E-state index contributed by atoms with van der Waals surface area (Å²) in [5.74, 6) is -0.534. The molecule has 1 aromatic carbocycles. The van der Waals surface area contributed by atoms with Crippen LogP contribution in [0.15, 0.2) is 24.3 Å². The van der Waals surface area contributed by atoms with Crippen LogP contribution in [0.1, 0.15) is 70.5 Å². The van der Waals surface area contributed by atoms with Gasteiger partial charge in [0.2, 0.25) is 11.8 Å². The van der Waals surface area contributed by atoms with E-state index in [9.17, 15) is 19.2 Å². The van der Waals surface area contributed by atoms with Gasteiger partial charge < -0.3 is 25.5 Å². The Morgan fingerprint density at radius 2 is 1.91 bits per heavy atom. The van der Waals surface area contributed by atoms with E-state index in [4.69, 9.17) is 16.3 Å². The lowest BCUT2D eigenvalue weighted by Crippen LogP contribution is -2.51. The normalized spacial score (nSPS) is 24.1. The van der Waals surface area contributed by atoms with Crippen molar-refractivity contribution in [3.05, 3.63) is 34.9 Å². The molecule has 1 aliphatic rings. The van der Waals surface area contributed by atoms with E-state index in [1.54, 1.807) is 18.2 Å². The van der Waals surface area contributed by atoms with E-state index in [2.05, 4.69) is 16.0 Å². The van der Waals surface area contributed by atoms with Crippen molar-refractivity contribution in [2.75, 3.05) is 6.54 Å². The van der Waals surface area contributed by atoms with E-state index >= 15 is 0 Å². The smallest absolute Gasteiger partial charge is 0.408 e. The van der Waals surface area contributed by atoms with E-state index < -0.39 is 30.2 Å². The number of carbonyl (C=O) groups is 4. The molecule has 0 spiro atoms. The number of benzene rings is 1. The first-order valence-electron chi connectivity index (χ1n) is 11.5. The lowest BCUT2D eigenvalue weighted by molar-refractivity contribution is -0.127. The molecule has 3 unspecified atom stereocenters. The molecule has 3 N–H and O–H groups in total. The van der Waals surface area contributed by atoms with Gasteiger partial charge in [0.05, 0.1) is 6.04 Å². The molecule has 0 saturated carbocycles. The molecule has 33 heavy (non-hydrogen) atoms. The third-order valence-electron chi connectivity index (χ3n) is 5.43. The number of amides is 3. The Morgan fingerprint density at radius 1 is 1.12 bits per heavy atom. The second-order valence-corrected chi connectivity index (χ2v) is 9.20. The molecule has 1 heterocycles. The minimum Gasteiger partial charge on any atom is -0.441 e. The Hall–Kier alpha value is -2.61. The number of cyclic esters (lactones) is 1. The lowest BCUT2D eigenvalue weighted by Gasteiger charge is -2.24. The molecule has 1 saturated heterocycles. The number of rotatable bonds is 4. The third kappa shape index (κ3) is 9.82. The van der Waals surface area contributed by atoms with Crippen LogP contribution in [0.2, 0.25) is 5.02 Å². The Morgan fingerprint density at radius 3 is 2.61 bits per heavy atom. The zero-order valence-electron chi connectivity index (χ0n) is 19.3. The minimum absolute atomic E-state index is 0.111. The summed E-state index contributed by atoms with van der Waals surface area (Å²) in [7, 11) is 0. The molecule has 1 fully saturated rings. The van der Waals surface area contributed by atoms with Crippen molar-refractivity contribution >= 4 is 35.8 Å². The number of nitrogens with one attached hydrogen (secondary N) is 3. The van der Waals surface area contributed by atoms with Crippen molar-refractivity contribution in [3.63, 3.8) is 0 Å². The van der Waals surface area contributed by atoms with E-state index in [1.807, 2.05) is 19.9 Å². The van der Waals surface area contributed by atoms with E-state index in [-0.39, 0.29) is 24.7 Å². The fourth-order valence-electron chi connectivity index (χ4n) is 3.70. The Balaban J connectivity index is 2.21. The number of halogens is 1. The van der Waals surface area contributed by atoms with Crippen LogP contribution in [0.5, 0.6) is 0 Å². The van der Waals surface area contributed by atoms with Crippen LogP contribution in [0, 0.1) is 5.92 Å². The number of aldehydes is 1. The van der Waals surface area contributed by atoms with E-state index in [0.717, 1.165) is 24.8 Å². The maximum absolute atomic E-state index is 12.8. The fraction of sp³-hybridized carbons (Fsp3) is 0.583. The molecule has 182 valence electrons. The first-order valence-corrected chi connectivity index (χ1v) is 11.9. The zero-order chi connectivity index (χ0) is 24.2. The second-order valence-electron chi connectivity index (χ2n) is 8.76. The second kappa shape index (κ2) is 13.8. The molecule has 3 atom stereocenters. The standard InChI is InChI=1S/C24H34ClN3O5/c1-16(2)13-20-23(31)27-19(15-29)10-11-22(30)26-12-5-3-4-9-21(33-24(32)28-20)17-7-6-8-18(25)14-17/h6-8,14-16,19-21H,3-5,9-13H2,1-2H3,(H,26,30)(H,27,31)(H,28,32). The highest BCUT2D eigenvalue weighted by molar-refractivity contribution is 6.30. The van der Waals surface area contributed by atoms with Crippen LogP contribution in [-0.2, 0) is 19.1 Å². The van der Waals surface area contributed by atoms with Gasteiger partial charge in [0.1, 0.15) is 18.4 Å². The number of hydrogen-bond acceptors (Lipinski definition) is 5. The van der Waals surface area contributed by atoms with Gasteiger partial charge in [-0.3, -0.25) is 9.59 Å². The van der Waals surface area contributed by atoms with Crippen molar-refractivity contribution in [1.29, 1.82) is 0 Å². The van der Waals surface area contributed by atoms with Crippen molar-refractivity contribution < 1.29 is 23.9 Å². The van der Waals surface area contributed by atoms with Crippen molar-refractivity contribution in [2.45, 2.75) is 77.0 Å². The largest absolute Gasteiger partial charge is 0.441 e. The minimum atomic E-state index is -0.871. The first-order chi connectivity index (χ1) is 15.8. The Labute approximate surface area is 200 Å². The summed E-state index contributed by atoms with van der Waals surface area (Å²) < 4.78 is 5.72. The van der Waals surface area contributed by atoms with Crippen molar-refractivity contribution in [3.8, 4) is 0 Å². The van der Waals surface area contributed by atoms with Gasteiger partial charge >= 0.3 is 6.09 Å². The van der Waals surface area contributed by atoms with Gasteiger partial charge in [0.15, 0.2) is 0 Å². The molecule has 2 rings (SSSR count). The topological polar surface area (TPSA) is 114 Å². The quantitative estimate of drug-likeness (QED) is 0.570. The van der Waals surface area contributed by atoms with Gasteiger partial charge in [-0.25, -0.2) is 4.79 Å². The highest BCUT2D eigenvalue weighted by Gasteiger charge is 2.27. The molecule has 0 radical (unpaired) electrons. The number of carbonyl (C=O) groups excluding carboxylic acids is 4. The Bertz CT molecular complexity index is 817. The SMILES string of the molecule is CC(C)CC1NC(=O)OC(c2cccc(Cl)c2)CCCCCNC(=O)CCC(C=O)NC1=O. The molecule has 0 aromatic heterocycles. The summed E-state index contributed by atoms with van der Waals surface area (Å²) >= 11 is 6.13. The monoisotopic (exact) mass is 479 g/mol. The highest BCUT2D eigenvalue weighted by Crippen LogP contribution is 2.26. The van der Waals surface area contributed by atoms with Gasteiger partial charge in [-0.15, -0.1) is 0 Å². The van der Waals surface area contributed by atoms with Crippen LogP contribution in [-0.4, -0.2) is 42.8 Å². The number of alkyl carbamates (subject to hydrolysis) is 1. The van der Waals surface area contributed by atoms with Gasteiger partial charge in [-0.2, -0.15) is 0 Å². The van der Waals surface area contributed by atoms with E-state index in [1.165, 1.54) is 0 Å². The highest BCUT2D eigenvalue weighted by atomic mass is 35.5. The van der Waals surface area contributed by atoms with Crippen LogP contribution in [0.3, 0.4) is 0 Å². The van der Waals surface area contributed by atoms with Crippen LogP contribution in [0.25, 0.3) is 0 Å². The van der Waals surface area contributed by atoms with Crippen LogP contribution >= 0.6 is 11.6 Å². The summed E-state index contributed by atoms with van der Waals surface area (Å²) in [4.78, 5) is 49.1. The summed E-state index contributed by atoms with van der Waals surface area (Å²) in [5, 5.41) is 8.68. The molecule has 1 aromatic rings. The summed E-state index contributed by atoms with van der Waals surface area (Å²) in [6.07, 6.45) is 3.05. The lowest BCUT2D eigenvalue weighted by atomic mass is 10.0. The zero-order valence-corrected chi connectivity index (χ0v) is 20.0. The molecule has 0 aliphatic carbocycles. The van der Waals surface area contributed by atoms with Crippen molar-refractivity contribution in [2.24, 2.45) is 5.92 Å². The van der Waals surface area contributed by atoms with E-state index in [0.29, 0.717) is 30.7 Å². The fourth-order valence-corrected chi connectivity index (χ4v) is 3.90. The summed E-state index contributed by atoms with van der Waals surface area (Å²) in [6, 6.07) is 5.47. The van der Waals surface area contributed by atoms with Crippen LogP contribution < -0.4 is 16.0 Å². The van der Waals surface area contributed by atoms with Gasteiger partial charge in [0, 0.05) is 18.0 Å². The van der Waals surface area contributed by atoms with Gasteiger partial charge in [-0.1, -0.05) is 44.0 Å². The number of hydrogen-bond donors (Lipinski definition) is 3. The maximum Gasteiger partial charge on any atom is 0.408 e. The van der Waals surface area contributed by atoms with Gasteiger partial charge in [-0.05, 0) is 55.7 Å². The molecular formula is C24H34ClN3O5. The van der Waals surface area contributed by atoms with Crippen molar-refractivity contribution in [1.82, 2.24) is 16.0 Å². The first kappa shape index (κ1) is 26.6. The predicted molar refractivity (Wildman–Crippen MR) is 126 cm³/mol. The number of ether oxygens (including phenoxy) is 1.